The van der Waals surface area contributed by atoms with E-state index in [2.05, 4.69) is 5.32 Å². The number of alkyl halides is 3. The fourth-order valence-corrected chi connectivity index (χ4v) is 2.26. The Hall–Kier alpha value is -1.25. The van der Waals surface area contributed by atoms with E-state index in [1.165, 1.54) is 31.4 Å². The van der Waals surface area contributed by atoms with Crippen LogP contribution in [0.25, 0.3) is 0 Å². The van der Waals surface area contributed by atoms with Crippen LogP contribution in [0.1, 0.15) is 16.8 Å². The van der Waals surface area contributed by atoms with Crippen LogP contribution in [-0.4, -0.2) is 42.9 Å². The number of rotatable bonds is 7. The summed E-state index contributed by atoms with van der Waals surface area (Å²) in [4.78, 5) is 11.7. The Balaban J connectivity index is 2.62. The lowest BCUT2D eigenvalue weighted by molar-refractivity contribution is -0.0328. The Kier molecular flexibility index (Phi) is 7.00. The SMILES string of the molecule is COCC(O)CCNC(=O)c1ccccc1SC(F)(F)F. The molecule has 0 aromatic heterocycles. The molecule has 0 aliphatic heterocycles. The van der Waals surface area contributed by atoms with Crippen LogP contribution in [0.15, 0.2) is 29.2 Å². The first-order valence-corrected chi connectivity index (χ1v) is 6.95. The normalized spacial score (nSPS) is 13.0. The predicted molar refractivity (Wildman–Crippen MR) is 73.2 cm³/mol. The molecule has 0 spiro atoms. The van der Waals surface area contributed by atoms with Gasteiger partial charge in [-0.3, -0.25) is 4.79 Å². The Morgan fingerprint density at radius 3 is 2.71 bits per heavy atom. The molecule has 0 radical (unpaired) electrons. The lowest BCUT2D eigenvalue weighted by Gasteiger charge is -2.12. The van der Waals surface area contributed by atoms with Gasteiger partial charge in [0.2, 0.25) is 0 Å². The molecule has 1 amide bonds. The summed E-state index contributed by atoms with van der Waals surface area (Å²) in [5.41, 5.74) is -4.49. The minimum atomic E-state index is -4.45. The number of halogens is 3. The van der Waals surface area contributed by atoms with E-state index in [0.29, 0.717) is 0 Å². The highest BCUT2D eigenvalue weighted by molar-refractivity contribution is 8.00. The Morgan fingerprint density at radius 2 is 2.10 bits per heavy atom. The van der Waals surface area contributed by atoms with Crippen molar-refractivity contribution >= 4 is 17.7 Å². The summed E-state index contributed by atoms with van der Waals surface area (Å²) in [6, 6.07) is 5.50. The molecule has 0 heterocycles. The second-order valence-electron chi connectivity index (χ2n) is 4.20. The summed E-state index contributed by atoms with van der Waals surface area (Å²) in [5.74, 6) is -0.605. The summed E-state index contributed by atoms with van der Waals surface area (Å²) in [6.45, 7) is 0.283. The van der Waals surface area contributed by atoms with Gasteiger partial charge in [-0.15, -0.1) is 0 Å². The molecule has 0 bridgehead atoms. The van der Waals surface area contributed by atoms with Gasteiger partial charge in [-0.2, -0.15) is 13.2 Å². The molecule has 1 rings (SSSR count). The monoisotopic (exact) mass is 323 g/mol. The van der Waals surface area contributed by atoms with Crippen LogP contribution in [0.3, 0.4) is 0 Å². The van der Waals surface area contributed by atoms with E-state index < -0.39 is 17.5 Å². The van der Waals surface area contributed by atoms with Crippen LogP contribution in [0.4, 0.5) is 13.2 Å². The van der Waals surface area contributed by atoms with Crippen molar-refractivity contribution in [2.24, 2.45) is 0 Å². The minimum Gasteiger partial charge on any atom is -0.391 e. The van der Waals surface area contributed by atoms with E-state index in [-0.39, 0.29) is 41.8 Å². The molecule has 0 saturated carbocycles. The van der Waals surface area contributed by atoms with Crippen molar-refractivity contribution < 1.29 is 27.8 Å². The van der Waals surface area contributed by atoms with E-state index in [1.54, 1.807) is 0 Å². The van der Waals surface area contributed by atoms with Crippen LogP contribution < -0.4 is 5.32 Å². The molecule has 1 aromatic rings. The summed E-state index contributed by atoms with van der Waals surface area (Å²) < 4.78 is 42.0. The third kappa shape index (κ3) is 6.83. The molecule has 1 atom stereocenters. The number of benzene rings is 1. The third-order valence-electron chi connectivity index (χ3n) is 2.48. The molecule has 0 saturated heterocycles. The number of carbonyl (C=O) groups excluding carboxylic acids is 1. The maximum Gasteiger partial charge on any atom is 0.446 e. The lowest BCUT2D eigenvalue weighted by Crippen LogP contribution is -2.29. The van der Waals surface area contributed by atoms with Crippen molar-refractivity contribution in [3.63, 3.8) is 0 Å². The van der Waals surface area contributed by atoms with Gasteiger partial charge in [0.1, 0.15) is 0 Å². The molecule has 21 heavy (non-hydrogen) atoms. The number of aliphatic hydroxyl groups excluding tert-OH is 1. The second kappa shape index (κ2) is 8.26. The van der Waals surface area contributed by atoms with Gasteiger partial charge in [0, 0.05) is 18.6 Å². The van der Waals surface area contributed by atoms with Gasteiger partial charge >= 0.3 is 5.51 Å². The number of thioether (sulfide) groups is 1. The zero-order chi connectivity index (χ0) is 15.9. The number of ether oxygens (including phenoxy) is 1. The number of carbonyl (C=O) groups is 1. The third-order valence-corrected chi connectivity index (χ3v) is 3.29. The molecule has 0 aliphatic carbocycles. The first-order chi connectivity index (χ1) is 9.83. The first kappa shape index (κ1) is 17.8. The fraction of sp³-hybridized carbons (Fsp3) is 0.462. The highest BCUT2D eigenvalue weighted by Gasteiger charge is 2.31. The van der Waals surface area contributed by atoms with E-state index >= 15 is 0 Å². The van der Waals surface area contributed by atoms with Gasteiger partial charge in [-0.05, 0) is 30.3 Å². The standard InChI is InChI=1S/C13H16F3NO3S/c1-20-8-9(18)6-7-17-12(19)10-4-2-3-5-11(10)21-13(14,15)16/h2-5,9,18H,6-8H2,1H3,(H,17,19). The summed E-state index contributed by atoms with van der Waals surface area (Å²) in [7, 11) is 1.44. The summed E-state index contributed by atoms with van der Waals surface area (Å²) in [5, 5.41) is 11.9. The van der Waals surface area contributed by atoms with E-state index in [4.69, 9.17) is 4.74 Å². The number of hydrogen-bond acceptors (Lipinski definition) is 4. The highest BCUT2D eigenvalue weighted by Crippen LogP contribution is 2.38. The van der Waals surface area contributed by atoms with E-state index in [1.807, 2.05) is 0 Å². The number of hydrogen-bond donors (Lipinski definition) is 2. The van der Waals surface area contributed by atoms with Crippen LogP contribution in [0.5, 0.6) is 0 Å². The maximum absolute atomic E-state index is 12.4. The quantitative estimate of drug-likeness (QED) is 0.757. The fourth-order valence-electron chi connectivity index (χ4n) is 1.59. The first-order valence-electron chi connectivity index (χ1n) is 6.13. The molecule has 0 aliphatic rings. The molecule has 0 fully saturated rings. The van der Waals surface area contributed by atoms with Crippen molar-refractivity contribution in [2.45, 2.75) is 22.9 Å². The summed E-state index contributed by atoms with van der Waals surface area (Å²) >= 11 is -0.327. The summed E-state index contributed by atoms with van der Waals surface area (Å²) in [6.07, 6.45) is -0.469. The Labute approximate surface area is 124 Å². The molecule has 1 aromatic carbocycles. The smallest absolute Gasteiger partial charge is 0.391 e. The zero-order valence-corrected chi connectivity index (χ0v) is 12.1. The topological polar surface area (TPSA) is 58.6 Å². The molecular formula is C13H16F3NO3S. The number of amides is 1. The van der Waals surface area contributed by atoms with Crippen molar-refractivity contribution in [2.75, 3.05) is 20.3 Å². The van der Waals surface area contributed by atoms with Gasteiger partial charge < -0.3 is 15.2 Å². The average molecular weight is 323 g/mol. The number of nitrogens with one attached hydrogen (secondary N) is 1. The van der Waals surface area contributed by atoms with Gasteiger partial charge in [0.25, 0.3) is 5.91 Å². The molecule has 8 heteroatoms. The Bertz CT molecular complexity index is 468. The van der Waals surface area contributed by atoms with Gasteiger partial charge in [0.15, 0.2) is 0 Å². The molecule has 4 nitrogen and oxygen atoms in total. The van der Waals surface area contributed by atoms with Gasteiger partial charge in [0.05, 0.1) is 18.3 Å². The average Bonchev–Trinajstić information content (AvgIpc) is 2.37. The lowest BCUT2D eigenvalue weighted by atomic mass is 10.2. The van der Waals surface area contributed by atoms with Crippen LogP contribution in [-0.2, 0) is 4.74 Å². The minimum absolute atomic E-state index is 0.0407. The Morgan fingerprint density at radius 1 is 1.43 bits per heavy atom. The van der Waals surface area contributed by atoms with E-state index in [9.17, 15) is 23.1 Å². The van der Waals surface area contributed by atoms with Crippen molar-refractivity contribution in [3.05, 3.63) is 29.8 Å². The highest BCUT2D eigenvalue weighted by atomic mass is 32.2. The predicted octanol–water partition coefficient (Wildman–Crippen LogP) is 2.43. The van der Waals surface area contributed by atoms with Gasteiger partial charge in [-0.1, -0.05) is 12.1 Å². The van der Waals surface area contributed by atoms with Crippen molar-refractivity contribution in [3.8, 4) is 0 Å². The molecule has 118 valence electrons. The maximum atomic E-state index is 12.4. The molecule has 2 N–H and O–H groups in total. The van der Waals surface area contributed by atoms with Crippen molar-refractivity contribution in [1.29, 1.82) is 0 Å². The van der Waals surface area contributed by atoms with Crippen molar-refractivity contribution in [1.82, 2.24) is 5.32 Å². The number of aliphatic hydroxyl groups is 1. The van der Waals surface area contributed by atoms with Gasteiger partial charge in [-0.25, -0.2) is 0 Å². The largest absolute Gasteiger partial charge is 0.446 e. The van der Waals surface area contributed by atoms with Crippen LogP contribution >= 0.6 is 11.8 Å². The second-order valence-corrected chi connectivity index (χ2v) is 5.30. The van der Waals surface area contributed by atoms with Crippen LogP contribution in [0.2, 0.25) is 0 Å². The zero-order valence-electron chi connectivity index (χ0n) is 11.3. The number of methoxy groups -OCH3 is 1. The molecule has 1 unspecified atom stereocenters. The molecular weight excluding hydrogens is 307 g/mol. The van der Waals surface area contributed by atoms with E-state index in [0.717, 1.165) is 0 Å². The van der Waals surface area contributed by atoms with Crippen LogP contribution in [0, 0.1) is 0 Å².